The number of carbonyl (C=O) groups excluding carboxylic acids is 1. The van der Waals surface area contributed by atoms with E-state index in [9.17, 15) is 18.0 Å². The lowest BCUT2D eigenvalue weighted by Crippen LogP contribution is -2.38. The van der Waals surface area contributed by atoms with E-state index in [4.69, 9.17) is 5.73 Å². The van der Waals surface area contributed by atoms with Gasteiger partial charge in [-0.15, -0.1) is 0 Å². The lowest BCUT2D eigenvalue weighted by molar-refractivity contribution is -0.138. The highest BCUT2D eigenvalue weighted by atomic mass is 79.9. The fourth-order valence-corrected chi connectivity index (χ4v) is 2.01. The molecule has 3 N–H and O–H groups in total. The minimum Gasteiger partial charge on any atom is -0.327 e. The maximum absolute atomic E-state index is 12.8. The van der Waals surface area contributed by atoms with Crippen LogP contribution in [0.15, 0.2) is 22.7 Å². The number of hydrogen-bond acceptors (Lipinski definition) is 2. The zero-order valence-corrected chi connectivity index (χ0v) is 13.6. The highest BCUT2D eigenvalue weighted by Gasteiger charge is 2.33. The third-order valence-corrected chi connectivity index (χ3v) is 3.76. The molecule has 21 heavy (non-hydrogen) atoms. The summed E-state index contributed by atoms with van der Waals surface area (Å²) in [6.07, 6.45) is -4.44. The molecular weight excluding hydrogens is 349 g/mol. The number of carbonyl (C=O) groups is 1. The second kappa shape index (κ2) is 6.36. The van der Waals surface area contributed by atoms with Gasteiger partial charge >= 0.3 is 6.18 Å². The highest BCUT2D eigenvalue weighted by molar-refractivity contribution is 9.10. The molecule has 3 nitrogen and oxygen atoms in total. The van der Waals surface area contributed by atoms with Gasteiger partial charge in [0.1, 0.15) is 0 Å². The Morgan fingerprint density at radius 1 is 1.33 bits per heavy atom. The Morgan fingerprint density at radius 2 is 1.90 bits per heavy atom. The van der Waals surface area contributed by atoms with Crippen molar-refractivity contribution < 1.29 is 18.0 Å². The highest BCUT2D eigenvalue weighted by Crippen LogP contribution is 2.36. The van der Waals surface area contributed by atoms with Crippen LogP contribution < -0.4 is 11.1 Å². The fourth-order valence-electron chi connectivity index (χ4n) is 1.54. The van der Waals surface area contributed by atoms with Crippen molar-refractivity contribution in [1.82, 2.24) is 0 Å². The number of benzene rings is 1. The molecular formula is C14H18BrF3N2O. The largest absolute Gasteiger partial charge is 0.417 e. The second-order valence-electron chi connectivity index (χ2n) is 5.92. The van der Waals surface area contributed by atoms with Crippen molar-refractivity contribution in [3.05, 3.63) is 28.2 Å². The first-order valence-corrected chi connectivity index (χ1v) is 7.12. The number of nitrogens with one attached hydrogen (secondary N) is 1. The van der Waals surface area contributed by atoms with Crippen LogP contribution in [0, 0.1) is 5.41 Å². The predicted molar refractivity (Wildman–Crippen MR) is 79.8 cm³/mol. The van der Waals surface area contributed by atoms with E-state index in [1.165, 1.54) is 12.1 Å². The topological polar surface area (TPSA) is 55.1 Å². The number of halogens is 4. The number of amides is 1. The average Bonchev–Trinajstić information content (AvgIpc) is 2.28. The molecule has 0 aliphatic carbocycles. The lowest BCUT2D eigenvalue weighted by Gasteiger charge is -2.26. The van der Waals surface area contributed by atoms with Crippen LogP contribution in [0.25, 0.3) is 0 Å². The average molecular weight is 367 g/mol. The zero-order valence-electron chi connectivity index (χ0n) is 12.0. The number of nitrogens with two attached hydrogens (primary N) is 1. The Kier molecular flexibility index (Phi) is 5.44. The van der Waals surface area contributed by atoms with E-state index in [-0.39, 0.29) is 28.0 Å². The van der Waals surface area contributed by atoms with Gasteiger partial charge in [-0.3, -0.25) is 4.79 Å². The van der Waals surface area contributed by atoms with Gasteiger partial charge in [-0.2, -0.15) is 13.2 Å². The molecule has 0 aliphatic rings. The first-order valence-electron chi connectivity index (χ1n) is 6.33. The van der Waals surface area contributed by atoms with Gasteiger partial charge in [0.05, 0.1) is 5.56 Å². The van der Waals surface area contributed by atoms with Gasteiger partial charge < -0.3 is 11.1 Å². The predicted octanol–water partition coefficient (Wildman–Crippen LogP) is 4.17. The van der Waals surface area contributed by atoms with Gasteiger partial charge in [0.25, 0.3) is 0 Å². The van der Waals surface area contributed by atoms with Crippen molar-refractivity contribution in [2.24, 2.45) is 11.1 Å². The summed E-state index contributed by atoms with van der Waals surface area (Å²) in [5.74, 6) is -0.409. The van der Waals surface area contributed by atoms with Crippen molar-refractivity contribution in [2.45, 2.75) is 39.4 Å². The molecule has 1 aromatic carbocycles. The van der Waals surface area contributed by atoms with E-state index >= 15 is 0 Å². The Balaban J connectivity index is 2.83. The molecule has 118 valence electrons. The minimum absolute atomic E-state index is 0.0426. The molecule has 1 unspecified atom stereocenters. The normalized spacial score (nSPS) is 13.9. The maximum Gasteiger partial charge on any atom is 0.417 e. The summed E-state index contributed by atoms with van der Waals surface area (Å²) in [6, 6.07) is 3.17. The molecule has 0 saturated heterocycles. The molecule has 0 aliphatic heterocycles. The third kappa shape index (κ3) is 5.32. The number of alkyl halides is 3. The standard InChI is InChI=1S/C14H18BrF3N2O/c1-13(2,3)11(19)7-12(21)20-8-4-5-10(15)9(6-8)14(16,17)18/h4-6,11H,7,19H2,1-3H3,(H,20,21). The summed E-state index contributed by atoms with van der Waals surface area (Å²) in [7, 11) is 0. The van der Waals surface area contributed by atoms with Crippen LogP contribution in [0.2, 0.25) is 0 Å². The van der Waals surface area contributed by atoms with Crippen LogP contribution in [0.1, 0.15) is 32.8 Å². The van der Waals surface area contributed by atoms with Gasteiger partial charge in [0, 0.05) is 22.6 Å². The number of anilines is 1. The van der Waals surface area contributed by atoms with Gasteiger partial charge in [-0.25, -0.2) is 0 Å². The van der Waals surface area contributed by atoms with Crippen LogP contribution >= 0.6 is 15.9 Å². The van der Waals surface area contributed by atoms with E-state index in [2.05, 4.69) is 21.2 Å². The van der Waals surface area contributed by atoms with Crippen molar-refractivity contribution in [3.63, 3.8) is 0 Å². The van der Waals surface area contributed by atoms with E-state index < -0.39 is 17.6 Å². The molecule has 7 heteroatoms. The molecule has 0 spiro atoms. The van der Waals surface area contributed by atoms with Crippen molar-refractivity contribution >= 4 is 27.5 Å². The Bertz CT molecular complexity index is 524. The van der Waals surface area contributed by atoms with E-state index in [0.717, 1.165) is 6.07 Å². The van der Waals surface area contributed by atoms with Gasteiger partial charge in [-0.1, -0.05) is 36.7 Å². The SMILES string of the molecule is CC(C)(C)C(N)CC(=O)Nc1ccc(Br)c(C(F)(F)F)c1. The van der Waals surface area contributed by atoms with Gasteiger partial charge in [-0.05, 0) is 23.6 Å². The monoisotopic (exact) mass is 366 g/mol. The molecule has 0 heterocycles. The molecule has 1 rings (SSSR count). The molecule has 1 amide bonds. The molecule has 0 saturated carbocycles. The van der Waals surface area contributed by atoms with E-state index in [1.54, 1.807) is 0 Å². The lowest BCUT2D eigenvalue weighted by atomic mass is 9.85. The molecule has 1 atom stereocenters. The van der Waals surface area contributed by atoms with Gasteiger partial charge in [0.2, 0.25) is 5.91 Å². The van der Waals surface area contributed by atoms with Crippen molar-refractivity contribution in [3.8, 4) is 0 Å². The Morgan fingerprint density at radius 3 is 2.38 bits per heavy atom. The summed E-state index contributed by atoms with van der Waals surface area (Å²) in [6.45, 7) is 5.69. The number of hydrogen-bond donors (Lipinski definition) is 2. The van der Waals surface area contributed by atoms with Crippen molar-refractivity contribution in [2.75, 3.05) is 5.32 Å². The fraction of sp³-hybridized carbons (Fsp3) is 0.500. The van der Waals surface area contributed by atoms with Crippen LogP contribution in [0.3, 0.4) is 0 Å². The zero-order chi connectivity index (χ0) is 16.4. The molecule has 1 aromatic rings. The first kappa shape index (κ1) is 18.0. The second-order valence-corrected chi connectivity index (χ2v) is 6.77. The third-order valence-electron chi connectivity index (χ3n) is 3.07. The van der Waals surface area contributed by atoms with Crippen LogP contribution in [0.5, 0.6) is 0 Å². The van der Waals surface area contributed by atoms with E-state index in [0.29, 0.717) is 0 Å². The summed E-state index contributed by atoms with van der Waals surface area (Å²) in [5.41, 5.74) is 4.89. The molecule has 0 bridgehead atoms. The van der Waals surface area contributed by atoms with Crippen molar-refractivity contribution in [1.29, 1.82) is 0 Å². The van der Waals surface area contributed by atoms with Crippen LogP contribution in [-0.2, 0) is 11.0 Å². The quantitative estimate of drug-likeness (QED) is 0.843. The van der Waals surface area contributed by atoms with Crippen LogP contribution in [0.4, 0.5) is 18.9 Å². The van der Waals surface area contributed by atoms with E-state index in [1.807, 2.05) is 20.8 Å². The number of rotatable bonds is 3. The summed E-state index contributed by atoms with van der Waals surface area (Å²) < 4.78 is 38.2. The molecule has 0 aromatic heterocycles. The summed E-state index contributed by atoms with van der Waals surface area (Å²) >= 11 is 2.85. The summed E-state index contributed by atoms with van der Waals surface area (Å²) in [4.78, 5) is 11.8. The minimum atomic E-state index is -4.48. The Labute approximate surface area is 130 Å². The Hall–Kier alpha value is -1.08. The molecule has 0 fully saturated rings. The summed E-state index contributed by atoms with van der Waals surface area (Å²) in [5, 5.41) is 2.44. The molecule has 0 radical (unpaired) electrons. The van der Waals surface area contributed by atoms with Gasteiger partial charge in [0.15, 0.2) is 0 Å². The first-order chi connectivity index (χ1) is 9.41. The maximum atomic E-state index is 12.8. The van der Waals surface area contributed by atoms with Crippen LogP contribution in [-0.4, -0.2) is 11.9 Å². The smallest absolute Gasteiger partial charge is 0.327 e.